The Kier molecular flexibility index (Phi) is 5.22. The Labute approximate surface area is 150 Å². The van der Waals surface area contributed by atoms with Crippen LogP contribution >= 0.6 is 0 Å². The summed E-state index contributed by atoms with van der Waals surface area (Å²) in [6, 6.07) is 12.2. The third-order valence-electron chi connectivity index (χ3n) is 4.01. The number of para-hydroxylation sites is 1. The van der Waals surface area contributed by atoms with E-state index in [1.165, 1.54) is 18.4 Å². The van der Waals surface area contributed by atoms with E-state index in [1.54, 1.807) is 6.07 Å². The largest absolute Gasteiger partial charge is 0.508 e. The number of amides is 1. The van der Waals surface area contributed by atoms with Crippen molar-refractivity contribution in [2.24, 2.45) is 0 Å². The zero-order valence-corrected chi connectivity index (χ0v) is 14.3. The molecule has 2 aromatic carbocycles. The summed E-state index contributed by atoms with van der Waals surface area (Å²) >= 11 is 0. The van der Waals surface area contributed by atoms with Crippen molar-refractivity contribution in [2.75, 3.05) is 11.9 Å². The molecule has 1 heterocycles. The molecule has 1 aromatic heterocycles. The van der Waals surface area contributed by atoms with Gasteiger partial charge in [0.05, 0.1) is 12.7 Å². The fraction of sp³-hybridized carbons (Fsp3) is 0.200. The number of phenolic OH excluding ortho intramolecular Hbond substituents is 1. The fourth-order valence-electron chi connectivity index (χ4n) is 2.70. The number of furan rings is 1. The minimum absolute atomic E-state index is 0.0173. The van der Waals surface area contributed by atoms with Gasteiger partial charge in [0.15, 0.2) is 6.61 Å². The molecular formula is C20H19NO5. The number of hydrogen-bond donors (Lipinski definition) is 2. The molecule has 26 heavy (non-hydrogen) atoms. The van der Waals surface area contributed by atoms with Gasteiger partial charge in [0.1, 0.15) is 11.3 Å². The van der Waals surface area contributed by atoms with E-state index in [4.69, 9.17) is 9.15 Å². The van der Waals surface area contributed by atoms with E-state index < -0.39 is 5.97 Å². The van der Waals surface area contributed by atoms with Gasteiger partial charge in [-0.15, -0.1) is 0 Å². The van der Waals surface area contributed by atoms with E-state index in [0.29, 0.717) is 11.1 Å². The lowest BCUT2D eigenvalue weighted by atomic mass is 10.1. The standard InChI is InChI=1S/C20H19NO5/c1-2-13-5-3-4-6-17(13)21-19(23)12-26-20(24)9-14-11-25-18-10-15(22)7-8-16(14)18/h3-8,10-11,22H,2,9,12H2,1H3,(H,21,23). The first-order chi connectivity index (χ1) is 12.6. The second-order valence-electron chi connectivity index (χ2n) is 5.84. The Hall–Kier alpha value is -3.28. The van der Waals surface area contributed by atoms with Crippen LogP contribution in [0, 0.1) is 0 Å². The van der Waals surface area contributed by atoms with Crippen molar-refractivity contribution in [3.63, 3.8) is 0 Å². The lowest BCUT2D eigenvalue weighted by molar-refractivity contribution is -0.146. The van der Waals surface area contributed by atoms with Crippen molar-refractivity contribution in [1.29, 1.82) is 0 Å². The Bertz CT molecular complexity index is 944. The Balaban J connectivity index is 1.55. The lowest BCUT2D eigenvalue weighted by Crippen LogP contribution is -2.22. The third kappa shape index (κ3) is 4.03. The van der Waals surface area contributed by atoms with Gasteiger partial charge in [-0.05, 0) is 30.2 Å². The van der Waals surface area contributed by atoms with Gasteiger partial charge < -0.3 is 19.6 Å². The molecule has 2 N–H and O–H groups in total. The van der Waals surface area contributed by atoms with E-state index >= 15 is 0 Å². The van der Waals surface area contributed by atoms with Gasteiger partial charge in [-0.25, -0.2) is 0 Å². The summed E-state index contributed by atoms with van der Waals surface area (Å²) in [4.78, 5) is 24.0. The highest BCUT2D eigenvalue weighted by molar-refractivity contribution is 5.94. The smallest absolute Gasteiger partial charge is 0.310 e. The van der Waals surface area contributed by atoms with Crippen LogP contribution in [0.2, 0.25) is 0 Å². The first-order valence-electron chi connectivity index (χ1n) is 8.29. The molecule has 134 valence electrons. The molecule has 1 amide bonds. The number of aromatic hydroxyl groups is 1. The molecule has 0 spiro atoms. The molecular weight excluding hydrogens is 334 g/mol. The van der Waals surface area contributed by atoms with Crippen molar-refractivity contribution >= 4 is 28.5 Å². The minimum atomic E-state index is -0.528. The third-order valence-corrected chi connectivity index (χ3v) is 4.01. The summed E-state index contributed by atoms with van der Waals surface area (Å²) in [6.07, 6.45) is 2.22. The Morgan fingerprint density at radius 3 is 2.77 bits per heavy atom. The maximum absolute atomic E-state index is 12.0. The molecule has 0 unspecified atom stereocenters. The van der Waals surface area contributed by atoms with Gasteiger partial charge in [0, 0.05) is 22.7 Å². The van der Waals surface area contributed by atoms with Crippen LogP contribution in [0.5, 0.6) is 5.75 Å². The highest BCUT2D eigenvalue weighted by Crippen LogP contribution is 2.25. The van der Waals surface area contributed by atoms with Gasteiger partial charge in [-0.1, -0.05) is 25.1 Å². The van der Waals surface area contributed by atoms with Gasteiger partial charge in [-0.3, -0.25) is 9.59 Å². The summed E-state index contributed by atoms with van der Waals surface area (Å²) in [6.45, 7) is 1.65. The monoisotopic (exact) mass is 353 g/mol. The van der Waals surface area contributed by atoms with Crippen molar-refractivity contribution in [3.05, 3.63) is 59.9 Å². The number of carbonyl (C=O) groups excluding carboxylic acids is 2. The molecule has 0 aliphatic carbocycles. The summed E-state index contributed by atoms with van der Waals surface area (Å²) < 4.78 is 10.4. The highest BCUT2D eigenvalue weighted by atomic mass is 16.5. The van der Waals surface area contributed by atoms with E-state index in [1.807, 2.05) is 31.2 Å². The lowest BCUT2D eigenvalue weighted by Gasteiger charge is -2.10. The van der Waals surface area contributed by atoms with Gasteiger partial charge in [0.2, 0.25) is 0 Å². The van der Waals surface area contributed by atoms with Gasteiger partial charge in [-0.2, -0.15) is 0 Å². The maximum Gasteiger partial charge on any atom is 0.310 e. The number of rotatable bonds is 6. The molecule has 0 saturated carbocycles. The molecule has 6 heteroatoms. The topological polar surface area (TPSA) is 88.8 Å². The summed E-state index contributed by atoms with van der Waals surface area (Å²) in [5.74, 6) is -0.828. The van der Waals surface area contributed by atoms with Crippen LogP contribution in [0.3, 0.4) is 0 Å². The summed E-state index contributed by atoms with van der Waals surface area (Å²) in [5, 5.41) is 12.9. The van der Waals surface area contributed by atoms with Crippen LogP contribution in [-0.2, 0) is 27.2 Å². The first-order valence-corrected chi connectivity index (χ1v) is 8.29. The van der Waals surface area contributed by atoms with Crippen molar-refractivity contribution in [2.45, 2.75) is 19.8 Å². The number of fused-ring (bicyclic) bond motifs is 1. The number of aryl methyl sites for hydroxylation is 1. The number of hydrogen-bond acceptors (Lipinski definition) is 5. The molecule has 3 aromatic rings. The molecule has 6 nitrogen and oxygen atoms in total. The predicted molar refractivity (Wildman–Crippen MR) is 97.0 cm³/mol. The minimum Gasteiger partial charge on any atom is -0.508 e. The summed E-state index contributed by atoms with van der Waals surface area (Å²) in [7, 11) is 0. The number of carbonyl (C=O) groups is 2. The molecule has 0 atom stereocenters. The zero-order valence-electron chi connectivity index (χ0n) is 14.3. The summed E-state index contributed by atoms with van der Waals surface area (Å²) in [5.41, 5.74) is 2.86. The molecule has 0 aliphatic heterocycles. The van der Waals surface area contributed by atoms with Gasteiger partial charge in [0.25, 0.3) is 5.91 Å². The number of anilines is 1. The number of nitrogens with one attached hydrogen (secondary N) is 1. The predicted octanol–water partition coefficient (Wildman–Crippen LogP) is 3.43. The first kappa shape index (κ1) is 17.5. The van der Waals surface area contributed by atoms with Crippen LogP contribution in [0.1, 0.15) is 18.1 Å². The zero-order chi connectivity index (χ0) is 18.5. The molecule has 0 radical (unpaired) electrons. The SMILES string of the molecule is CCc1ccccc1NC(=O)COC(=O)Cc1coc2cc(O)ccc12. The molecule has 0 saturated heterocycles. The number of esters is 1. The number of phenols is 1. The van der Waals surface area contributed by atoms with Crippen molar-refractivity contribution in [3.8, 4) is 5.75 Å². The molecule has 0 fully saturated rings. The van der Waals surface area contributed by atoms with Crippen LogP contribution in [-0.4, -0.2) is 23.6 Å². The van der Waals surface area contributed by atoms with Crippen molar-refractivity contribution in [1.82, 2.24) is 0 Å². The Morgan fingerprint density at radius 1 is 1.15 bits per heavy atom. The highest BCUT2D eigenvalue weighted by Gasteiger charge is 2.14. The van der Waals surface area contributed by atoms with E-state index in [-0.39, 0.29) is 24.7 Å². The second kappa shape index (κ2) is 7.74. The van der Waals surface area contributed by atoms with Crippen LogP contribution in [0.4, 0.5) is 5.69 Å². The quantitative estimate of drug-likeness (QED) is 0.663. The van der Waals surface area contributed by atoms with E-state index in [0.717, 1.165) is 23.1 Å². The van der Waals surface area contributed by atoms with Gasteiger partial charge >= 0.3 is 5.97 Å². The van der Waals surface area contributed by atoms with Crippen LogP contribution < -0.4 is 5.32 Å². The molecule has 0 aliphatic rings. The molecule has 0 bridgehead atoms. The average molecular weight is 353 g/mol. The van der Waals surface area contributed by atoms with Crippen LogP contribution in [0.25, 0.3) is 11.0 Å². The maximum atomic E-state index is 12.0. The normalized spacial score (nSPS) is 10.7. The van der Waals surface area contributed by atoms with Crippen LogP contribution in [0.15, 0.2) is 53.1 Å². The molecule has 3 rings (SSSR count). The number of benzene rings is 2. The van der Waals surface area contributed by atoms with E-state index in [2.05, 4.69) is 5.32 Å². The van der Waals surface area contributed by atoms with Crippen molar-refractivity contribution < 1.29 is 23.8 Å². The second-order valence-corrected chi connectivity index (χ2v) is 5.84. The Morgan fingerprint density at radius 2 is 1.96 bits per heavy atom. The fourth-order valence-corrected chi connectivity index (χ4v) is 2.70. The average Bonchev–Trinajstić information content (AvgIpc) is 3.02. The van der Waals surface area contributed by atoms with E-state index in [9.17, 15) is 14.7 Å². The number of ether oxygens (including phenoxy) is 1.